The van der Waals surface area contributed by atoms with Crippen molar-refractivity contribution in [3.8, 4) is 0 Å². The van der Waals surface area contributed by atoms with Gasteiger partial charge in [0.1, 0.15) is 17.3 Å². The number of halogens is 2. The van der Waals surface area contributed by atoms with Crippen LogP contribution in [-0.4, -0.2) is 22.6 Å². The van der Waals surface area contributed by atoms with Crippen molar-refractivity contribution in [3.05, 3.63) is 59.4 Å². The molecule has 0 aliphatic heterocycles. The van der Waals surface area contributed by atoms with Crippen LogP contribution in [0, 0.1) is 11.6 Å². The third-order valence-corrected chi connectivity index (χ3v) is 2.64. The number of carboxylic acids is 1. The third-order valence-electron chi connectivity index (χ3n) is 2.64. The van der Waals surface area contributed by atoms with Gasteiger partial charge in [0.05, 0.1) is 0 Å². The van der Waals surface area contributed by atoms with Gasteiger partial charge in [0, 0.05) is 24.5 Å². The summed E-state index contributed by atoms with van der Waals surface area (Å²) in [6, 6.07) is 6.37. The number of carboxylic acid groups (broad SMARTS) is 1. The lowest BCUT2D eigenvalue weighted by Crippen LogP contribution is -2.07. The van der Waals surface area contributed by atoms with Gasteiger partial charge in [-0.2, -0.15) is 0 Å². The van der Waals surface area contributed by atoms with Crippen molar-refractivity contribution < 1.29 is 18.7 Å². The number of carbonyl (C=O) groups is 1. The van der Waals surface area contributed by atoms with E-state index in [1.165, 1.54) is 24.4 Å². The fraction of sp³-hybridized carbons (Fsp3) is 0.143. The number of aromatic nitrogens is 1. The molecule has 0 bridgehead atoms. The van der Waals surface area contributed by atoms with Crippen molar-refractivity contribution in [3.63, 3.8) is 0 Å². The van der Waals surface area contributed by atoms with Crippen molar-refractivity contribution in [1.82, 2.24) is 4.98 Å². The molecular formula is C14H12F2N2O2. The largest absolute Gasteiger partial charge is 0.477 e. The first kappa shape index (κ1) is 13.9. The van der Waals surface area contributed by atoms with Gasteiger partial charge in [-0.1, -0.05) is 0 Å². The summed E-state index contributed by atoms with van der Waals surface area (Å²) in [6.07, 6.45) is 1.80. The molecule has 0 aliphatic rings. The molecule has 6 heteroatoms. The van der Waals surface area contributed by atoms with E-state index in [1.54, 1.807) is 6.07 Å². The average molecular weight is 278 g/mol. The van der Waals surface area contributed by atoms with Gasteiger partial charge in [0.2, 0.25) is 0 Å². The number of hydrogen-bond acceptors (Lipinski definition) is 3. The Morgan fingerprint density at radius 2 is 1.90 bits per heavy atom. The molecular weight excluding hydrogens is 266 g/mol. The smallest absolute Gasteiger partial charge is 0.354 e. The molecule has 1 heterocycles. The minimum Gasteiger partial charge on any atom is -0.477 e. The molecule has 2 rings (SSSR count). The summed E-state index contributed by atoms with van der Waals surface area (Å²) in [7, 11) is 0. The topological polar surface area (TPSA) is 62.2 Å². The van der Waals surface area contributed by atoms with Crippen LogP contribution in [0.4, 0.5) is 14.5 Å². The summed E-state index contributed by atoms with van der Waals surface area (Å²) in [5, 5.41) is 11.8. The van der Waals surface area contributed by atoms with E-state index in [0.29, 0.717) is 24.2 Å². The first-order chi connectivity index (χ1) is 9.54. The summed E-state index contributed by atoms with van der Waals surface area (Å²) in [5.41, 5.74) is 1.06. The lowest BCUT2D eigenvalue weighted by atomic mass is 10.1. The van der Waals surface area contributed by atoms with Gasteiger partial charge in [-0.15, -0.1) is 0 Å². The molecule has 104 valence electrons. The minimum atomic E-state index is -1.11. The van der Waals surface area contributed by atoms with Gasteiger partial charge in [-0.25, -0.2) is 18.6 Å². The van der Waals surface area contributed by atoms with E-state index >= 15 is 0 Å². The minimum absolute atomic E-state index is 0.0631. The molecule has 20 heavy (non-hydrogen) atoms. The number of benzene rings is 1. The number of anilines is 1. The van der Waals surface area contributed by atoms with Gasteiger partial charge in [-0.05, 0) is 36.2 Å². The highest BCUT2D eigenvalue weighted by Gasteiger charge is 2.05. The highest BCUT2D eigenvalue weighted by atomic mass is 19.1. The van der Waals surface area contributed by atoms with Crippen LogP contribution in [0.25, 0.3) is 0 Å². The maximum atomic E-state index is 13.0. The molecule has 0 saturated heterocycles. The Morgan fingerprint density at radius 3 is 2.55 bits per heavy atom. The van der Waals surface area contributed by atoms with Crippen LogP contribution in [0.3, 0.4) is 0 Å². The first-order valence-electron chi connectivity index (χ1n) is 5.93. The number of rotatable bonds is 5. The fourth-order valence-electron chi connectivity index (χ4n) is 1.76. The SMILES string of the molecule is O=C(O)c1cc(NCCc2cc(F)cc(F)c2)ccn1. The predicted octanol–water partition coefficient (Wildman–Crippen LogP) is 2.71. The van der Waals surface area contributed by atoms with Crippen LogP contribution in [0.15, 0.2) is 36.5 Å². The summed E-state index contributed by atoms with van der Waals surface area (Å²) in [5.74, 6) is -2.34. The predicted molar refractivity (Wildman–Crippen MR) is 69.7 cm³/mol. The summed E-state index contributed by atoms with van der Waals surface area (Å²) in [6.45, 7) is 0.423. The van der Waals surface area contributed by atoms with E-state index in [-0.39, 0.29) is 5.69 Å². The number of nitrogens with zero attached hydrogens (tertiary/aromatic N) is 1. The van der Waals surface area contributed by atoms with Crippen molar-refractivity contribution in [2.45, 2.75) is 6.42 Å². The van der Waals surface area contributed by atoms with Crippen molar-refractivity contribution in [1.29, 1.82) is 0 Å². The normalized spacial score (nSPS) is 10.3. The molecule has 1 aromatic heterocycles. The molecule has 0 atom stereocenters. The van der Waals surface area contributed by atoms with E-state index < -0.39 is 17.6 Å². The molecule has 0 fully saturated rings. The number of nitrogens with one attached hydrogen (secondary N) is 1. The van der Waals surface area contributed by atoms with Gasteiger partial charge in [-0.3, -0.25) is 0 Å². The Morgan fingerprint density at radius 1 is 1.20 bits per heavy atom. The number of hydrogen-bond donors (Lipinski definition) is 2. The molecule has 1 aromatic carbocycles. The van der Waals surface area contributed by atoms with E-state index in [2.05, 4.69) is 10.3 Å². The van der Waals surface area contributed by atoms with E-state index in [4.69, 9.17) is 5.11 Å². The summed E-state index contributed by atoms with van der Waals surface area (Å²) < 4.78 is 26.0. The van der Waals surface area contributed by atoms with Gasteiger partial charge in [0.25, 0.3) is 0 Å². The maximum Gasteiger partial charge on any atom is 0.354 e. The zero-order valence-corrected chi connectivity index (χ0v) is 10.4. The maximum absolute atomic E-state index is 13.0. The quantitative estimate of drug-likeness (QED) is 0.882. The molecule has 0 unspecified atom stereocenters. The van der Waals surface area contributed by atoms with Crippen LogP contribution in [-0.2, 0) is 6.42 Å². The lowest BCUT2D eigenvalue weighted by molar-refractivity contribution is 0.0690. The van der Waals surface area contributed by atoms with Gasteiger partial charge < -0.3 is 10.4 Å². The van der Waals surface area contributed by atoms with Crippen molar-refractivity contribution in [2.24, 2.45) is 0 Å². The molecule has 0 saturated carbocycles. The van der Waals surface area contributed by atoms with E-state index in [1.807, 2.05) is 0 Å². The van der Waals surface area contributed by atoms with E-state index in [9.17, 15) is 13.6 Å². The first-order valence-corrected chi connectivity index (χ1v) is 5.93. The Kier molecular flexibility index (Phi) is 4.24. The van der Waals surface area contributed by atoms with Crippen molar-refractivity contribution >= 4 is 11.7 Å². The molecule has 4 nitrogen and oxygen atoms in total. The summed E-state index contributed by atoms with van der Waals surface area (Å²) >= 11 is 0. The second-order valence-electron chi connectivity index (χ2n) is 4.19. The number of aromatic carboxylic acids is 1. The molecule has 0 spiro atoms. The lowest BCUT2D eigenvalue weighted by Gasteiger charge is -2.07. The van der Waals surface area contributed by atoms with Crippen LogP contribution in [0.1, 0.15) is 16.1 Å². The molecule has 0 amide bonds. The van der Waals surface area contributed by atoms with Crippen molar-refractivity contribution in [2.75, 3.05) is 11.9 Å². The van der Waals surface area contributed by atoms with E-state index in [0.717, 1.165) is 6.07 Å². The monoisotopic (exact) mass is 278 g/mol. The standard InChI is InChI=1S/C14H12F2N2O2/c15-10-5-9(6-11(16)7-10)1-3-17-12-2-4-18-13(8-12)14(19)20/h2,4-8H,1,3H2,(H,17,18)(H,19,20). The molecule has 0 aliphatic carbocycles. The van der Waals surface area contributed by atoms with Gasteiger partial charge >= 0.3 is 5.97 Å². The van der Waals surface area contributed by atoms with Gasteiger partial charge in [0.15, 0.2) is 0 Å². The van der Waals surface area contributed by atoms with Crippen LogP contribution in [0.2, 0.25) is 0 Å². The highest BCUT2D eigenvalue weighted by molar-refractivity contribution is 5.86. The summed E-state index contributed by atoms with van der Waals surface area (Å²) in [4.78, 5) is 14.4. The zero-order chi connectivity index (χ0) is 14.5. The average Bonchev–Trinajstić information content (AvgIpc) is 2.38. The Labute approximate surface area is 114 Å². The highest BCUT2D eigenvalue weighted by Crippen LogP contribution is 2.11. The van der Waals surface area contributed by atoms with Crippen LogP contribution < -0.4 is 5.32 Å². The van der Waals surface area contributed by atoms with Crippen LogP contribution in [0.5, 0.6) is 0 Å². The molecule has 0 radical (unpaired) electrons. The Bertz CT molecular complexity index is 612. The number of pyridine rings is 1. The molecule has 2 aromatic rings. The second kappa shape index (κ2) is 6.10. The Balaban J connectivity index is 1.95. The van der Waals surface area contributed by atoms with Crippen LogP contribution >= 0.6 is 0 Å². The Hall–Kier alpha value is -2.50. The molecule has 2 N–H and O–H groups in total. The third kappa shape index (κ3) is 3.74. The fourth-order valence-corrected chi connectivity index (χ4v) is 1.76. The zero-order valence-electron chi connectivity index (χ0n) is 10.4. The second-order valence-corrected chi connectivity index (χ2v) is 4.19.